The number of halogens is 3. The Morgan fingerprint density at radius 2 is 1.87 bits per heavy atom. The molecule has 1 aromatic carbocycles. The van der Waals surface area contributed by atoms with Gasteiger partial charge in [0, 0.05) is 18.5 Å². The molecular weight excluding hydrogens is 203 g/mol. The Kier molecular flexibility index (Phi) is 2.26. The highest BCUT2D eigenvalue weighted by Gasteiger charge is 2.33. The fourth-order valence-electron chi connectivity index (χ4n) is 1.38. The van der Waals surface area contributed by atoms with Gasteiger partial charge in [0.2, 0.25) is 0 Å². The van der Waals surface area contributed by atoms with Crippen molar-refractivity contribution < 1.29 is 13.2 Å². The number of hydrogen-bond donors (Lipinski definition) is 0. The Bertz CT molecular complexity index is 443. The van der Waals surface area contributed by atoms with E-state index in [0.29, 0.717) is 0 Å². The smallest absolute Gasteiger partial charge is 0.323 e. The third-order valence-corrected chi connectivity index (χ3v) is 2.03. The normalized spacial score (nSPS) is 11.7. The lowest BCUT2D eigenvalue weighted by atomic mass is 10.1. The molecule has 1 radical (unpaired) electrons. The maximum absolute atomic E-state index is 12.6. The molecule has 0 bridgehead atoms. The first-order valence-corrected chi connectivity index (χ1v) is 4.29. The Labute approximate surface area is 84.8 Å². The Balaban J connectivity index is 2.58. The summed E-state index contributed by atoms with van der Waals surface area (Å²) >= 11 is 0. The highest BCUT2D eigenvalue weighted by molar-refractivity contribution is 5.43. The fourth-order valence-corrected chi connectivity index (χ4v) is 1.38. The van der Waals surface area contributed by atoms with Gasteiger partial charge in [0.25, 0.3) is 0 Å². The van der Waals surface area contributed by atoms with Crippen LogP contribution in [0.2, 0.25) is 0 Å². The minimum absolute atomic E-state index is 0.117. The molecule has 0 N–H and O–H groups in total. The van der Waals surface area contributed by atoms with E-state index in [1.807, 2.05) is 0 Å². The Morgan fingerprint density at radius 1 is 1.13 bits per heavy atom. The zero-order chi connectivity index (χ0) is 10.9. The van der Waals surface area contributed by atoms with Gasteiger partial charge in [0.05, 0.1) is 11.3 Å². The standard InChI is InChI=1S/C11H7F3N/c12-11(13,14)9-5-1-2-6-10(9)15-7-3-4-8-15/h1-3,5-8H. The predicted molar refractivity (Wildman–Crippen MR) is 49.6 cm³/mol. The molecule has 0 aliphatic heterocycles. The van der Waals surface area contributed by atoms with E-state index in [1.54, 1.807) is 12.1 Å². The van der Waals surface area contributed by atoms with Gasteiger partial charge in [-0.15, -0.1) is 0 Å². The zero-order valence-corrected chi connectivity index (χ0v) is 7.62. The first kappa shape index (κ1) is 9.83. The summed E-state index contributed by atoms with van der Waals surface area (Å²) in [6, 6.07) is 9.71. The van der Waals surface area contributed by atoms with Crippen molar-refractivity contribution in [3.63, 3.8) is 0 Å². The number of benzene rings is 1. The molecule has 1 heterocycles. The summed E-state index contributed by atoms with van der Waals surface area (Å²) in [6.07, 6.45) is -1.34. The van der Waals surface area contributed by atoms with Gasteiger partial charge >= 0.3 is 6.18 Å². The van der Waals surface area contributed by atoms with Crippen LogP contribution in [-0.4, -0.2) is 4.57 Å². The quantitative estimate of drug-likeness (QED) is 0.680. The summed E-state index contributed by atoms with van der Waals surface area (Å²) in [6.45, 7) is 0. The second-order valence-electron chi connectivity index (χ2n) is 3.03. The van der Waals surface area contributed by atoms with Gasteiger partial charge in [-0.05, 0) is 18.2 Å². The molecule has 0 spiro atoms. The van der Waals surface area contributed by atoms with Gasteiger partial charge in [-0.2, -0.15) is 13.2 Å². The first-order chi connectivity index (χ1) is 7.09. The van der Waals surface area contributed by atoms with Crippen molar-refractivity contribution in [2.24, 2.45) is 0 Å². The molecule has 1 aromatic heterocycles. The molecule has 0 aliphatic rings. The minimum Gasteiger partial charge on any atom is -0.323 e. The number of alkyl halides is 3. The minimum atomic E-state index is -4.33. The molecule has 77 valence electrons. The van der Waals surface area contributed by atoms with Crippen molar-refractivity contribution in [3.8, 4) is 5.69 Å². The second kappa shape index (κ2) is 3.46. The van der Waals surface area contributed by atoms with Crippen LogP contribution < -0.4 is 0 Å². The monoisotopic (exact) mass is 210 g/mol. The third kappa shape index (κ3) is 1.88. The number of rotatable bonds is 1. The van der Waals surface area contributed by atoms with Crippen LogP contribution in [0.15, 0.2) is 42.7 Å². The molecule has 0 amide bonds. The number of nitrogens with zero attached hydrogens (tertiary/aromatic N) is 1. The van der Waals surface area contributed by atoms with Crippen molar-refractivity contribution in [1.29, 1.82) is 0 Å². The van der Waals surface area contributed by atoms with E-state index in [0.717, 1.165) is 6.07 Å². The van der Waals surface area contributed by atoms with Crippen LogP contribution in [0, 0.1) is 6.07 Å². The van der Waals surface area contributed by atoms with Gasteiger partial charge in [-0.3, -0.25) is 0 Å². The molecule has 0 atom stereocenters. The van der Waals surface area contributed by atoms with Crippen molar-refractivity contribution in [2.75, 3.05) is 0 Å². The van der Waals surface area contributed by atoms with Gasteiger partial charge in [-0.1, -0.05) is 12.1 Å². The summed E-state index contributed by atoms with van der Waals surface area (Å²) in [4.78, 5) is 0. The van der Waals surface area contributed by atoms with E-state index in [-0.39, 0.29) is 5.69 Å². The second-order valence-corrected chi connectivity index (χ2v) is 3.03. The Morgan fingerprint density at radius 3 is 2.47 bits per heavy atom. The summed E-state index contributed by atoms with van der Waals surface area (Å²) in [5.41, 5.74) is -0.527. The first-order valence-electron chi connectivity index (χ1n) is 4.29. The van der Waals surface area contributed by atoms with Gasteiger partial charge in [-0.25, -0.2) is 0 Å². The topological polar surface area (TPSA) is 4.93 Å². The van der Waals surface area contributed by atoms with Crippen molar-refractivity contribution in [2.45, 2.75) is 6.18 Å². The molecule has 4 heteroatoms. The molecule has 2 rings (SSSR count). The van der Waals surface area contributed by atoms with Crippen LogP contribution in [0.1, 0.15) is 5.56 Å². The van der Waals surface area contributed by atoms with Crippen LogP contribution in [0.5, 0.6) is 0 Å². The number of hydrogen-bond acceptors (Lipinski definition) is 0. The van der Waals surface area contributed by atoms with Crippen molar-refractivity contribution in [1.82, 2.24) is 4.57 Å². The van der Waals surface area contributed by atoms with E-state index >= 15 is 0 Å². The maximum atomic E-state index is 12.6. The van der Waals surface area contributed by atoms with Gasteiger partial charge < -0.3 is 4.57 Å². The van der Waals surface area contributed by atoms with E-state index in [1.165, 1.54) is 29.1 Å². The fraction of sp³-hybridized carbons (Fsp3) is 0.0909. The largest absolute Gasteiger partial charge is 0.418 e. The highest BCUT2D eigenvalue weighted by Crippen LogP contribution is 2.33. The SMILES string of the molecule is FC(F)(F)c1ccccc1-n1c[c]cc1. The van der Waals surface area contributed by atoms with Crippen LogP contribution in [-0.2, 0) is 6.18 Å². The molecule has 0 saturated heterocycles. The lowest BCUT2D eigenvalue weighted by molar-refractivity contribution is -0.137. The average Bonchev–Trinajstić information content (AvgIpc) is 2.69. The molecule has 15 heavy (non-hydrogen) atoms. The lowest BCUT2D eigenvalue weighted by Gasteiger charge is -2.12. The van der Waals surface area contributed by atoms with Crippen LogP contribution in [0.25, 0.3) is 5.69 Å². The molecule has 0 saturated carbocycles. The molecule has 1 nitrogen and oxygen atoms in total. The number of aromatic nitrogens is 1. The summed E-state index contributed by atoms with van der Waals surface area (Å²) < 4.78 is 39.2. The summed E-state index contributed by atoms with van der Waals surface area (Å²) in [5, 5.41) is 0. The number of para-hydroxylation sites is 1. The summed E-state index contributed by atoms with van der Waals surface area (Å²) in [5.74, 6) is 0. The Hall–Kier alpha value is -1.71. The van der Waals surface area contributed by atoms with Gasteiger partial charge in [0.1, 0.15) is 0 Å². The molecule has 0 aliphatic carbocycles. The average molecular weight is 210 g/mol. The lowest BCUT2D eigenvalue weighted by Crippen LogP contribution is -2.09. The van der Waals surface area contributed by atoms with E-state index in [9.17, 15) is 13.2 Å². The molecule has 0 unspecified atom stereocenters. The van der Waals surface area contributed by atoms with Crippen molar-refractivity contribution >= 4 is 0 Å². The molecule has 2 aromatic rings. The highest BCUT2D eigenvalue weighted by atomic mass is 19.4. The third-order valence-electron chi connectivity index (χ3n) is 2.03. The molecular formula is C11H7F3N. The maximum Gasteiger partial charge on any atom is 0.418 e. The van der Waals surface area contributed by atoms with Crippen molar-refractivity contribution in [3.05, 3.63) is 54.4 Å². The van der Waals surface area contributed by atoms with E-state index < -0.39 is 11.7 Å². The van der Waals surface area contributed by atoms with Crippen LogP contribution in [0.4, 0.5) is 13.2 Å². The summed E-state index contributed by atoms with van der Waals surface area (Å²) in [7, 11) is 0. The molecule has 0 fully saturated rings. The van der Waals surface area contributed by atoms with E-state index in [4.69, 9.17) is 0 Å². The zero-order valence-electron chi connectivity index (χ0n) is 7.62. The van der Waals surface area contributed by atoms with Crippen LogP contribution in [0.3, 0.4) is 0 Å². The van der Waals surface area contributed by atoms with Crippen LogP contribution >= 0.6 is 0 Å². The van der Waals surface area contributed by atoms with Gasteiger partial charge in [0.15, 0.2) is 0 Å². The predicted octanol–water partition coefficient (Wildman–Crippen LogP) is 3.30. The van der Waals surface area contributed by atoms with E-state index in [2.05, 4.69) is 6.07 Å².